The lowest BCUT2D eigenvalue weighted by molar-refractivity contribution is 0.0420. The zero-order chi connectivity index (χ0) is 15.2. The van der Waals surface area contributed by atoms with Crippen molar-refractivity contribution in [3.63, 3.8) is 0 Å². The van der Waals surface area contributed by atoms with E-state index < -0.39 is 0 Å². The molecule has 1 heterocycles. The van der Waals surface area contributed by atoms with Gasteiger partial charge in [-0.05, 0) is 32.6 Å². The van der Waals surface area contributed by atoms with Gasteiger partial charge in [0.2, 0.25) is 0 Å². The number of halogens is 1. The molecule has 1 saturated heterocycles. The Kier molecular flexibility index (Phi) is 15.7. The number of unbranched alkanes of at least 4 members (excludes halogenated alkanes) is 1. The maximum atomic E-state index is 5.72. The van der Waals surface area contributed by atoms with E-state index in [0.29, 0.717) is 6.10 Å². The monoisotopic (exact) mass is 429 g/mol. The molecule has 0 spiro atoms. The van der Waals surface area contributed by atoms with Gasteiger partial charge in [-0.3, -0.25) is 4.99 Å². The number of hydrogen-bond donors (Lipinski definition) is 2. The van der Waals surface area contributed by atoms with Crippen molar-refractivity contribution in [3.05, 3.63) is 0 Å². The summed E-state index contributed by atoms with van der Waals surface area (Å²) in [6.07, 6.45) is 4.47. The minimum absolute atomic E-state index is 0. The van der Waals surface area contributed by atoms with Crippen LogP contribution in [-0.2, 0) is 14.2 Å². The van der Waals surface area contributed by atoms with Crippen molar-refractivity contribution in [2.75, 3.05) is 53.2 Å². The van der Waals surface area contributed by atoms with Crippen molar-refractivity contribution >= 4 is 29.9 Å². The topological polar surface area (TPSA) is 64.1 Å². The van der Waals surface area contributed by atoms with Crippen LogP contribution in [0.15, 0.2) is 4.99 Å². The van der Waals surface area contributed by atoms with E-state index >= 15 is 0 Å². The molecule has 0 aromatic heterocycles. The predicted octanol–water partition coefficient (Wildman–Crippen LogP) is 1.78. The average Bonchev–Trinajstić information content (AvgIpc) is 3.01. The van der Waals surface area contributed by atoms with Gasteiger partial charge < -0.3 is 24.8 Å². The molecule has 1 aliphatic heterocycles. The highest BCUT2D eigenvalue weighted by atomic mass is 127. The van der Waals surface area contributed by atoms with E-state index in [-0.39, 0.29) is 24.0 Å². The van der Waals surface area contributed by atoms with Crippen molar-refractivity contribution in [2.24, 2.45) is 4.99 Å². The third-order valence-electron chi connectivity index (χ3n) is 3.29. The molecule has 1 aliphatic rings. The summed E-state index contributed by atoms with van der Waals surface area (Å²) < 4.78 is 16.3. The number of nitrogens with one attached hydrogen (secondary N) is 2. The predicted molar refractivity (Wildman–Crippen MR) is 100 cm³/mol. The molecule has 0 aromatic rings. The van der Waals surface area contributed by atoms with Crippen LogP contribution in [-0.4, -0.2) is 65.2 Å². The van der Waals surface area contributed by atoms with Crippen molar-refractivity contribution in [1.82, 2.24) is 10.6 Å². The molecule has 0 aromatic carbocycles. The van der Waals surface area contributed by atoms with Crippen LogP contribution < -0.4 is 10.6 Å². The molecule has 1 rings (SSSR count). The second-order valence-electron chi connectivity index (χ2n) is 5.04. The van der Waals surface area contributed by atoms with Crippen LogP contribution in [0.1, 0.15) is 32.6 Å². The van der Waals surface area contributed by atoms with Gasteiger partial charge in [0.05, 0.1) is 12.7 Å². The molecule has 0 saturated carbocycles. The van der Waals surface area contributed by atoms with E-state index in [1.807, 2.05) is 6.92 Å². The standard InChI is InChI=1S/C15H31N3O3.HI/c1-3-19-10-5-4-8-17-15(16-2)18-9-6-11-21-14-7-12-20-13-14;/h14H,3-13H2,1-2H3,(H2,16,17,18);1H. The molecule has 1 fully saturated rings. The first kappa shape index (κ1) is 21.9. The Balaban J connectivity index is 0.00000441. The fourth-order valence-corrected chi connectivity index (χ4v) is 2.07. The molecule has 132 valence electrons. The molecule has 22 heavy (non-hydrogen) atoms. The summed E-state index contributed by atoms with van der Waals surface area (Å²) in [6, 6.07) is 0. The van der Waals surface area contributed by atoms with Gasteiger partial charge in [-0.15, -0.1) is 24.0 Å². The van der Waals surface area contributed by atoms with Crippen molar-refractivity contribution in [3.8, 4) is 0 Å². The van der Waals surface area contributed by atoms with Crippen LogP contribution in [0.2, 0.25) is 0 Å². The van der Waals surface area contributed by atoms with Crippen molar-refractivity contribution < 1.29 is 14.2 Å². The van der Waals surface area contributed by atoms with Gasteiger partial charge in [-0.1, -0.05) is 0 Å². The van der Waals surface area contributed by atoms with Gasteiger partial charge in [0.15, 0.2) is 5.96 Å². The Hall–Kier alpha value is -0.120. The Labute approximate surface area is 151 Å². The van der Waals surface area contributed by atoms with Gasteiger partial charge in [-0.25, -0.2) is 0 Å². The number of rotatable bonds is 11. The minimum Gasteiger partial charge on any atom is -0.382 e. The zero-order valence-electron chi connectivity index (χ0n) is 13.9. The summed E-state index contributed by atoms with van der Waals surface area (Å²) in [5.41, 5.74) is 0. The van der Waals surface area contributed by atoms with E-state index in [0.717, 1.165) is 77.8 Å². The third kappa shape index (κ3) is 11.4. The molecule has 0 bridgehead atoms. The quantitative estimate of drug-likeness (QED) is 0.227. The van der Waals surface area contributed by atoms with E-state index in [2.05, 4.69) is 15.6 Å². The van der Waals surface area contributed by atoms with Crippen molar-refractivity contribution in [1.29, 1.82) is 0 Å². The molecule has 1 atom stereocenters. The maximum absolute atomic E-state index is 5.72. The Bertz CT molecular complexity index is 275. The number of ether oxygens (including phenoxy) is 3. The van der Waals surface area contributed by atoms with Crippen LogP contribution >= 0.6 is 24.0 Å². The van der Waals surface area contributed by atoms with Crippen molar-refractivity contribution in [2.45, 2.75) is 38.7 Å². The normalized spacial score (nSPS) is 18.1. The summed E-state index contributed by atoms with van der Waals surface area (Å²) >= 11 is 0. The summed E-state index contributed by atoms with van der Waals surface area (Å²) in [4.78, 5) is 4.20. The molecule has 2 N–H and O–H groups in total. The van der Waals surface area contributed by atoms with Gasteiger partial charge >= 0.3 is 0 Å². The third-order valence-corrected chi connectivity index (χ3v) is 3.29. The van der Waals surface area contributed by atoms with Gasteiger partial charge in [0.1, 0.15) is 0 Å². The van der Waals surface area contributed by atoms with E-state index in [9.17, 15) is 0 Å². The van der Waals surface area contributed by atoms with Gasteiger partial charge in [0, 0.05) is 46.6 Å². The Morgan fingerprint density at radius 3 is 2.59 bits per heavy atom. The molecule has 6 nitrogen and oxygen atoms in total. The fourth-order valence-electron chi connectivity index (χ4n) is 2.07. The highest BCUT2D eigenvalue weighted by Gasteiger charge is 2.15. The fraction of sp³-hybridized carbons (Fsp3) is 0.933. The minimum atomic E-state index is 0. The van der Waals surface area contributed by atoms with E-state index in [1.54, 1.807) is 7.05 Å². The lowest BCUT2D eigenvalue weighted by Gasteiger charge is -2.13. The van der Waals surface area contributed by atoms with Crippen LogP contribution in [0.4, 0.5) is 0 Å². The van der Waals surface area contributed by atoms with E-state index in [4.69, 9.17) is 14.2 Å². The second kappa shape index (κ2) is 15.8. The Morgan fingerprint density at radius 2 is 1.95 bits per heavy atom. The molecule has 7 heteroatoms. The number of nitrogens with zero attached hydrogens (tertiary/aromatic N) is 1. The maximum Gasteiger partial charge on any atom is 0.190 e. The SMILES string of the molecule is CCOCCCCNC(=NC)NCCCOC1CCOC1.I. The first-order valence-corrected chi connectivity index (χ1v) is 8.08. The van der Waals surface area contributed by atoms with Gasteiger partial charge in [-0.2, -0.15) is 0 Å². The first-order chi connectivity index (χ1) is 10.4. The average molecular weight is 429 g/mol. The number of aliphatic imine (C=N–C) groups is 1. The summed E-state index contributed by atoms with van der Waals surface area (Å²) in [5.74, 6) is 0.857. The molecule has 0 amide bonds. The van der Waals surface area contributed by atoms with Crippen LogP contribution in [0.25, 0.3) is 0 Å². The smallest absolute Gasteiger partial charge is 0.190 e. The first-order valence-electron chi connectivity index (χ1n) is 8.08. The van der Waals surface area contributed by atoms with Gasteiger partial charge in [0.25, 0.3) is 0 Å². The molecule has 1 unspecified atom stereocenters. The van der Waals surface area contributed by atoms with Crippen LogP contribution in [0, 0.1) is 0 Å². The summed E-state index contributed by atoms with van der Waals surface area (Å²) in [6.45, 7) is 7.80. The molecule has 0 radical (unpaired) electrons. The van der Waals surface area contributed by atoms with Crippen LogP contribution in [0.5, 0.6) is 0 Å². The van der Waals surface area contributed by atoms with Crippen LogP contribution in [0.3, 0.4) is 0 Å². The highest BCUT2D eigenvalue weighted by Crippen LogP contribution is 2.07. The zero-order valence-corrected chi connectivity index (χ0v) is 16.3. The Morgan fingerprint density at radius 1 is 1.18 bits per heavy atom. The molecular formula is C15H32IN3O3. The molecule has 0 aliphatic carbocycles. The number of hydrogen-bond acceptors (Lipinski definition) is 4. The lowest BCUT2D eigenvalue weighted by atomic mass is 10.3. The lowest BCUT2D eigenvalue weighted by Crippen LogP contribution is -2.38. The highest BCUT2D eigenvalue weighted by molar-refractivity contribution is 14.0. The largest absolute Gasteiger partial charge is 0.382 e. The summed E-state index contributed by atoms with van der Waals surface area (Å²) in [5, 5.41) is 6.59. The summed E-state index contributed by atoms with van der Waals surface area (Å²) in [7, 11) is 1.79. The second-order valence-corrected chi connectivity index (χ2v) is 5.04. The number of guanidine groups is 1. The van der Waals surface area contributed by atoms with E-state index in [1.165, 1.54) is 0 Å². The molecular weight excluding hydrogens is 397 g/mol.